The summed E-state index contributed by atoms with van der Waals surface area (Å²) >= 11 is 1.50. The molecule has 3 unspecified atom stereocenters. The fourth-order valence-corrected chi connectivity index (χ4v) is 7.98. The van der Waals surface area contributed by atoms with Crippen molar-refractivity contribution in [2.75, 3.05) is 6.54 Å². The number of amides is 3. The van der Waals surface area contributed by atoms with Crippen molar-refractivity contribution in [3.63, 3.8) is 0 Å². The van der Waals surface area contributed by atoms with Crippen LogP contribution in [0.5, 0.6) is 5.88 Å². The van der Waals surface area contributed by atoms with E-state index in [0.717, 1.165) is 49.8 Å². The average Bonchev–Trinajstić information content (AvgIpc) is 3.58. The smallest absolute Gasteiger partial charge is 0.408 e. The normalized spacial score (nSPS) is 28.4. The number of carbonyl (C=O) groups excluding carboxylic acids is 3. The van der Waals surface area contributed by atoms with Crippen LogP contribution in [0.4, 0.5) is 4.79 Å². The summed E-state index contributed by atoms with van der Waals surface area (Å²) in [6, 6.07) is 9.37. The average molecular weight is 688 g/mol. The number of hydrogen-bond acceptors (Lipinski definition) is 9. The zero-order valence-electron chi connectivity index (χ0n) is 27.2. The summed E-state index contributed by atoms with van der Waals surface area (Å²) in [6.45, 7) is 0.0363. The number of benzene rings is 1. The molecule has 2 aliphatic carbocycles. The van der Waals surface area contributed by atoms with Gasteiger partial charge < -0.3 is 30.1 Å². The van der Waals surface area contributed by atoms with Gasteiger partial charge in [0.1, 0.15) is 35.5 Å². The second kappa shape index (κ2) is 14.1. The largest absolute Gasteiger partial charge is 0.479 e. The van der Waals surface area contributed by atoms with Gasteiger partial charge in [0.05, 0.1) is 22.5 Å². The summed E-state index contributed by atoms with van der Waals surface area (Å²) < 4.78 is 12.2. The van der Waals surface area contributed by atoms with Crippen molar-refractivity contribution >= 4 is 46.2 Å². The molecule has 3 amide bonds. The molecule has 12 nitrogen and oxygen atoms in total. The summed E-state index contributed by atoms with van der Waals surface area (Å²) in [5.74, 6) is -2.15. The Morgan fingerprint density at radius 2 is 1.76 bits per heavy atom. The van der Waals surface area contributed by atoms with E-state index in [-0.39, 0.29) is 37.3 Å². The van der Waals surface area contributed by atoms with Gasteiger partial charge in [0.25, 0.3) is 0 Å². The molecule has 4 heterocycles. The fraction of sp³-hybridized carbons (Fsp3) is 0.500. The molecule has 4 aliphatic rings. The number of carboxylic acids is 1. The number of ether oxygens (including phenoxy) is 2. The maximum atomic E-state index is 14.4. The second-order valence-electron chi connectivity index (χ2n) is 13.5. The molecule has 258 valence electrons. The number of thiophene rings is 1. The van der Waals surface area contributed by atoms with Crippen LogP contribution in [0.15, 0.2) is 53.9 Å². The van der Waals surface area contributed by atoms with Crippen LogP contribution in [0.25, 0.3) is 21.6 Å². The van der Waals surface area contributed by atoms with Gasteiger partial charge in [0.2, 0.25) is 17.7 Å². The zero-order valence-corrected chi connectivity index (χ0v) is 28.0. The van der Waals surface area contributed by atoms with E-state index in [1.807, 2.05) is 53.9 Å². The van der Waals surface area contributed by atoms with E-state index in [4.69, 9.17) is 19.4 Å². The Morgan fingerprint density at radius 3 is 2.51 bits per heavy atom. The van der Waals surface area contributed by atoms with Crippen molar-refractivity contribution < 1.29 is 33.8 Å². The van der Waals surface area contributed by atoms with Crippen LogP contribution in [0, 0.1) is 5.92 Å². The molecule has 1 aromatic carbocycles. The SMILES string of the molecule is O=C(N[C@@H]1CCCCC/C=C\C2CC2(C(=O)O)NC(=O)C2C[C@@H](Oc3nc4ccccc4nc3-c3cccs3)CN2C1=O)OC1CCCC1. The molecule has 0 spiro atoms. The Balaban J connectivity index is 1.19. The highest BCUT2D eigenvalue weighted by atomic mass is 32.1. The third-order valence-corrected chi connectivity index (χ3v) is 10.9. The molecule has 7 rings (SSSR count). The molecule has 0 bridgehead atoms. The van der Waals surface area contributed by atoms with Crippen LogP contribution in [-0.2, 0) is 19.1 Å². The van der Waals surface area contributed by atoms with Crippen LogP contribution in [0.2, 0.25) is 0 Å². The van der Waals surface area contributed by atoms with Crippen molar-refractivity contribution in [3.05, 3.63) is 53.9 Å². The van der Waals surface area contributed by atoms with Gasteiger partial charge in [-0.25, -0.2) is 19.6 Å². The summed E-state index contributed by atoms with van der Waals surface area (Å²) in [7, 11) is 0. The van der Waals surface area contributed by atoms with E-state index in [9.17, 15) is 24.3 Å². The number of alkyl carbamates (subject to hydrolysis) is 1. The first-order chi connectivity index (χ1) is 23.8. The van der Waals surface area contributed by atoms with Crippen LogP contribution < -0.4 is 15.4 Å². The highest BCUT2D eigenvalue weighted by molar-refractivity contribution is 7.13. The first kappa shape index (κ1) is 33.0. The zero-order chi connectivity index (χ0) is 34.0. The molecule has 13 heteroatoms. The molecule has 2 saturated carbocycles. The van der Waals surface area contributed by atoms with Gasteiger partial charge in [-0.2, -0.15) is 0 Å². The Kier molecular flexibility index (Phi) is 9.53. The minimum absolute atomic E-state index is 0.0363. The van der Waals surface area contributed by atoms with Crippen molar-refractivity contribution in [1.82, 2.24) is 25.5 Å². The van der Waals surface area contributed by atoms with Gasteiger partial charge in [0.15, 0.2) is 0 Å². The lowest BCUT2D eigenvalue weighted by Crippen LogP contribution is -2.56. The van der Waals surface area contributed by atoms with Gasteiger partial charge in [-0.1, -0.05) is 43.2 Å². The highest BCUT2D eigenvalue weighted by Gasteiger charge is 2.61. The number of rotatable bonds is 6. The number of carboxylic acid groups (broad SMARTS) is 1. The minimum atomic E-state index is -1.43. The van der Waals surface area contributed by atoms with Gasteiger partial charge in [0, 0.05) is 12.3 Å². The van der Waals surface area contributed by atoms with Crippen LogP contribution >= 0.6 is 11.3 Å². The predicted molar refractivity (Wildman–Crippen MR) is 182 cm³/mol. The van der Waals surface area contributed by atoms with Crippen LogP contribution in [-0.4, -0.2) is 80.2 Å². The van der Waals surface area contributed by atoms with Gasteiger partial charge in [-0.15, -0.1) is 11.3 Å². The maximum Gasteiger partial charge on any atom is 0.408 e. The minimum Gasteiger partial charge on any atom is -0.479 e. The molecule has 3 N–H and O–H groups in total. The van der Waals surface area contributed by atoms with E-state index in [0.29, 0.717) is 29.6 Å². The number of para-hydroxylation sites is 2. The number of aliphatic carboxylic acids is 1. The van der Waals surface area contributed by atoms with Crippen LogP contribution in [0.3, 0.4) is 0 Å². The quantitative estimate of drug-likeness (QED) is 0.295. The number of carbonyl (C=O) groups is 4. The van der Waals surface area contributed by atoms with Crippen molar-refractivity contribution in [3.8, 4) is 16.5 Å². The molecule has 2 aliphatic heterocycles. The number of nitrogens with one attached hydrogen (secondary N) is 2. The van der Waals surface area contributed by atoms with Gasteiger partial charge in [-0.3, -0.25) is 9.59 Å². The number of hydrogen-bond donors (Lipinski definition) is 3. The monoisotopic (exact) mass is 687 g/mol. The lowest BCUT2D eigenvalue weighted by Gasteiger charge is -2.29. The summed E-state index contributed by atoms with van der Waals surface area (Å²) in [5, 5.41) is 17.7. The third kappa shape index (κ3) is 7.12. The van der Waals surface area contributed by atoms with E-state index < -0.39 is 47.6 Å². The Morgan fingerprint density at radius 1 is 0.980 bits per heavy atom. The Hall–Kier alpha value is -4.52. The van der Waals surface area contributed by atoms with E-state index in [1.165, 1.54) is 16.2 Å². The molecule has 3 aromatic rings. The molecule has 3 fully saturated rings. The topological polar surface area (TPSA) is 160 Å². The number of allylic oxidation sites excluding steroid dienone is 1. The Labute approximate surface area is 288 Å². The fourth-order valence-electron chi connectivity index (χ4n) is 7.28. The van der Waals surface area contributed by atoms with Gasteiger partial charge >= 0.3 is 12.1 Å². The number of nitrogens with zero attached hydrogens (tertiary/aromatic N) is 3. The number of aromatic nitrogens is 2. The molecule has 49 heavy (non-hydrogen) atoms. The van der Waals surface area contributed by atoms with Crippen LogP contribution in [0.1, 0.15) is 70.6 Å². The van der Waals surface area contributed by atoms with Gasteiger partial charge in [-0.05, 0) is 74.9 Å². The van der Waals surface area contributed by atoms with Crippen molar-refractivity contribution in [2.45, 2.75) is 100 Å². The summed E-state index contributed by atoms with van der Waals surface area (Å²) in [5.41, 5.74) is 0.471. The predicted octanol–water partition coefficient (Wildman–Crippen LogP) is 5.22. The lowest BCUT2D eigenvalue weighted by molar-refractivity contribution is -0.145. The van der Waals surface area contributed by atoms with Crippen molar-refractivity contribution in [2.24, 2.45) is 5.92 Å². The molecular weight excluding hydrogens is 646 g/mol. The molecule has 0 radical (unpaired) electrons. The first-order valence-corrected chi connectivity index (χ1v) is 18.2. The first-order valence-electron chi connectivity index (χ1n) is 17.3. The lowest BCUT2D eigenvalue weighted by atomic mass is 10.0. The maximum absolute atomic E-state index is 14.4. The third-order valence-electron chi connectivity index (χ3n) is 10.1. The molecule has 5 atom stereocenters. The van der Waals surface area contributed by atoms with Crippen molar-refractivity contribution in [1.29, 1.82) is 0 Å². The molecule has 2 aromatic heterocycles. The number of fused-ring (bicyclic) bond motifs is 3. The summed E-state index contributed by atoms with van der Waals surface area (Å²) in [6.07, 6.45) is 9.83. The Bertz CT molecular complexity index is 1740. The highest BCUT2D eigenvalue weighted by Crippen LogP contribution is 2.45. The molecule has 1 saturated heterocycles. The second-order valence-corrected chi connectivity index (χ2v) is 14.4. The van der Waals surface area contributed by atoms with E-state index in [1.54, 1.807) is 0 Å². The van der Waals surface area contributed by atoms with E-state index in [2.05, 4.69) is 10.6 Å². The molecular formula is C36H41N5O7S. The summed E-state index contributed by atoms with van der Waals surface area (Å²) in [4.78, 5) is 65.8. The standard InChI is InChI=1S/C36H41N5O7S/c42-31-28-19-24(47-32-30(29-17-10-18-49-29)37-25-14-8-9-15-26(25)38-32)21-41(28)33(43)27(39-35(46)48-23-12-6-7-13-23)16-5-3-1-2-4-11-22-20-36(22,40-31)34(44)45/h4,8-11,14-15,17-18,22-24,27-28H,1-3,5-7,12-13,16,19-21H2,(H,39,46)(H,40,42)(H,44,45)/b11-4-/t22?,24-,27-,28?,36?/m1/s1. The van der Waals surface area contributed by atoms with E-state index >= 15 is 0 Å².